The lowest BCUT2D eigenvalue weighted by molar-refractivity contribution is -0.117. The highest BCUT2D eigenvalue weighted by Crippen LogP contribution is 2.20. The number of hydrogen-bond donors (Lipinski definition) is 2. The van der Waals surface area contributed by atoms with Crippen LogP contribution in [0.15, 0.2) is 0 Å². The lowest BCUT2D eigenvalue weighted by Crippen LogP contribution is -2.35. The Morgan fingerprint density at radius 3 is 2.50 bits per heavy atom. The molecule has 0 aromatic rings. The van der Waals surface area contributed by atoms with Crippen LogP contribution in [0, 0.1) is 5.41 Å². The highest BCUT2D eigenvalue weighted by atomic mass is 16.1. The van der Waals surface area contributed by atoms with Crippen molar-refractivity contribution in [3.63, 3.8) is 0 Å². The van der Waals surface area contributed by atoms with E-state index in [0.29, 0.717) is 0 Å². The third-order valence-electron chi connectivity index (χ3n) is 1.83. The van der Waals surface area contributed by atoms with E-state index in [1.807, 2.05) is 0 Å². The van der Waals surface area contributed by atoms with Crippen LogP contribution in [0.4, 0.5) is 0 Å². The van der Waals surface area contributed by atoms with E-state index in [-0.39, 0.29) is 17.9 Å². The number of nitrogens with one attached hydrogen (secondary N) is 1. The molecule has 3 heteroatoms. The van der Waals surface area contributed by atoms with Crippen molar-refractivity contribution >= 4 is 5.91 Å². The van der Waals surface area contributed by atoms with Crippen LogP contribution in [0.3, 0.4) is 0 Å². The monoisotopic (exact) mass is 172 g/mol. The van der Waals surface area contributed by atoms with Crippen LogP contribution in [0.2, 0.25) is 0 Å². The summed E-state index contributed by atoms with van der Waals surface area (Å²) in [5.41, 5.74) is 5.26. The number of hydrogen-bond acceptors (Lipinski definition) is 2. The number of rotatable bonds is 6. The Morgan fingerprint density at radius 1 is 1.50 bits per heavy atom. The summed E-state index contributed by atoms with van der Waals surface area (Å²) >= 11 is 0. The van der Waals surface area contributed by atoms with E-state index >= 15 is 0 Å². The Hall–Kier alpha value is -0.570. The zero-order chi connectivity index (χ0) is 9.61. The summed E-state index contributed by atoms with van der Waals surface area (Å²) in [6, 6.07) is 0. The fraction of sp³-hybridized carbons (Fsp3) is 0.889. The van der Waals surface area contributed by atoms with Crippen molar-refractivity contribution in [2.45, 2.75) is 33.6 Å². The lowest BCUT2D eigenvalue weighted by atomic mass is 9.88. The summed E-state index contributed by atoms with van der Waals surface area (Å²) in [5.74, 6) is -0.290. The molecular formula is C9H20N2O. The van der Waals surface area contributed by atoms with Crippen molar-refractivity contribution in [1.82, 2.24) is 5.32 Å². The van der Waals surface area contributed by atoms with Crippen LogP contribution < -0.4 is 11.1 Å². The molecule has 0 spiro atoms. The molecule has 12 heavy (non-hydrogen) atoms. The van der Waals surface area contributed by atoms with Crippen LogP contribution in [0.1, 0.15) is 33.6 Å². The average molecular weight is 172 g/mol. The second-order valence-electron chi connectivity index (χ2n) is 3.98. The summed E-state index contributed by atoms with van der Waals surface area (Å²) < 4.78 is 0. The smallest absolute Gasteiger partial charge is 0.231 e. The quantitative estimate of drug-likeness (QED) is 0.625. The number of primary amides is 1. The zero-order valence-corrected chi connectivity index (χ0v) is 8.31. The number of carbonyl (C=O) groups is 1. The van der Waals surface area contributed by atoms with Gasteiger partial charge in [-0.1, -0.05) is 27.2 Å². The van der Waals surface area contributed by atoms with Crippen molar-refractivity contribution in [1.29, 1.82) is 0 Å². The van der Waals surface area contributed by atoms with Gasteiger partial charge in [-0.25, -0.2) is 0 Å². The summed E-state index contributed by atoms with van der Waals surface area (Å²) in [6.45, 7) is 7.67. The van der Waals surface area contributed by atoms with E-state index in [1.165, 1.54) is 12.8 Å². The molecule has 0 aromatic carbocycles. The average Bonchev–Trinajstić information content (AvgIpc) is 1.85. The van der Waals surface area contributed by atoms with Gasteiger partial charge in [0.25, 0.3) is 0 Å². The highest BCUT2D eigenvalue weighted by Gasteiger charge is 2.15. The summed E-state index contributed by atoms with van der Waals surface area (Å²) in [6.07, 6.45) is 2.34. The van der Waals surface area contributed by atoms with Crippen LogP contribution in [0.25, 0.3) is 0 Å². The topological polar surface area (TPSA) is 55.1 Å². The maximum atomic E-state index is 10.4. The van der Waals surface area contributed by atoms with Crippen molar-refractivity contribution in [2.75, 3.05) is 13.1 Å². The molecule has 0 bridgehead atoms. The zero-order valence-electron chi connectivity index (χ0n) is 8.31. The molecular weight excluding hydrogens is 152 g/mol. The maximum absolute atomic E-state index is 10.4. The van der Waals surface area contributed by atoms with Crippen LogP contribution >= 0.6 is 0 Å². The van der Waals surface area contributed by atoms with Crippen LogP contribution in [-0.4, -0.2) is 19.0 Å². The third kappa shape index (κ3) is 6.16. The molecule has 0 radical (unpaired) electrons. The summed E-state index contributed by atoms with van der Waals surface area (Å²) in [4.78, 5) is 10.4. The van der Waals surface area contributed by atoms with Gasteiger partial charge in [-0.05, 0) is 11.8 Å². The van der Waals surface area contributed by atoms with E-state index in [4.69, 9.17) is 5.73 Å². The van der Waals surface area contributed by atoms with E-state index < -0.39 is 0 Å². The van der Waals surface area contributed by atoms with E-state index in [9.17, 15) is 4.79 Å². The Kier molecular flexibility index (Phi) is 4.90. The standard InChI is InChI=1S/C9H20N2O/c1-4-5-9(2,3)7-11-6-8(10)12/h11H,4-7H2,1-3H3,(H2,10,12). The second-order valence-corrected chi connectivity index (χ2v) is 3.98. The van der Waals surface area contributed by atoms with Crippen molar-refractivity contribution in [3.8, 4) is 0 Å². The maximum Gasteiger partial charge on any atom is 0.231 e. The summed E-state index contributed by atoms with van der Waals surface area (Å²) in [5, 5.41) is 3.04. The fourth-order valence-corrected chi connectivity index (χ4v) is 1.29. The number of nitrogens with two attached hydrogens (primary N) is 1. The highest BCUT2D eigenvalue weighted by molar-refractivity contribution is 5.75. The lowest BCUT2D eigenvalue weighted by Gasteiger charge is -2.23. The molecule has 3 nitrogen and oxygen atoms in total. The molecule has 72 valence electrons. The van der Waals surface area contributed by atoms with E-state index in [0.717, 1.165) is 6.54 Å². The molecule has 0 saturated heterocycles. The Morgan fingerprint density at radius 2 is 2.08 bits per heavy atom. The van der Waals surface area contributed by atoms with Crippen molar-refractivity contribution in [3.05, 3.63) is 0 Å². The van der Waals surface area contributed by atoms with E-state index in [2.05, 4.69) is 26.1 Å². The molecule has 0 aromatic heterocycles. The fourth-order valence-electron chi connectivity index (χ4n) is 1.29. The van der Waals surface area contributed by atoms with Crippen molar-refractivity contribution in [2.24, 2.45) is 11.1 Å². The normalized spacial score (nSPS) is 11.6. The van der Waals surface area contributed by atoms with Gasteiger partial charge < -0.3 is 11.1 Å². The van der Waals surface area contributed by atoms with Crippen molar-refractivity contribution < 1.29 is 4.79 Å². The predicted octanol–water partition coefficient (Wildman–Crippen LogP) is 0.888. The molecule has 1 amide bonds. The minimum Gasteiger partial charge on any atom is -0.369 e. The third-order valence-corrected chi connectivity index (χ3v) is 1.83. The molecule has 0 fully saturated rings. The first-order chi connectivity index (χ1) is 5.48. The van der Waals surface area contributed by atoms with E-state index in [1.54, 1.807) is 0 Å². The minimum atomic E-state index is -0.290. The van der Waals surface area contributed by atoms with Crippen LogP contribution in [0.5, 0.6) is 0 Å². The molecule has 0 saturated carbocycles. The van der Waals surface area contributed by atoms with Gasteiger partial charge in [0.1, 0.15) is 0 Å². The minimum absolute atomic E-state index is 0.268. The van der Waals surface area contributed by atoms with Gasteiger partial charge in [0.15, 0.2) is 0 Å². The Bertz CT molecular complexity index is 143. The van der Waals surface area contributed by atoms with Gasteiger partial charge in [0.2, 0.25) is 5.91 Å². The van der Waals surface area contributed by atoms with Gasteiger partial charge in [-0.15, -0.1) is 0 Å². The van der Waals surface area contributed by atoms with Gasteiger partial charge in [-0.3, -0.25) is 4.79 Å². The van der Waals surface area contributed by atoms with Gasteiger partial charge in [-0.2, -0.15) is 0 Å². The molecule has 0 unspecified atom stereocenters. The first-order valence-corrected chi connectivity index (χ1v) is 4.47. The molecule has 0 aliphatic heterocycles. The SMILES string of the molecule is CCCC(C)(C)CNCC(N)=O. The number of carbonyl (C=O) groups excluding carboxylic acids is 1. The van der Waals surface area contributed by atoms with Crippen LogP contribution in [-0.2, 0) is 4.79 Å². The summed E-state index contributed by atoms with van der Waals surface area (Å²) in [7, 11) is 0. The Balaban J connectivity index is 3.53. The van der Waals surface area contributed by atoms with Gasteiger partial charge >= 0.3 is 0 Å². The molecule has 0 rings (SSSR count). The molecule has 0 heterocycles. The molecule has 0 aliphatic rings. The number of amides is 1. The van der Waals surface area contributed by atoms with Gasteiger partial charge in [0, 0.05) is 6.54 Å². The first-order valence-electron chi connectivity index (χ1n) is 4.47. The largest absolute Gasteiger partial charge is 0.369 e. The first kappa shape index (κ1) is 11.4. The molecule has 0 atom stereocenters. The van der Waals surface area contributed by atoms with Gasteiger partial charge in [0.05, 0.1) is 6.54 Å². The predicted molar refractivity (Wildman–Crippen MR) is 50.8 cm³/mol. The molecule has 0 aliphatic carbocycles. The molecule has 3 N–H and O–H groups in total. The Labute approximate surface area is 74.7 Å². The second kappa shape index (κ2) is 5.14.